The van der Waals surface area contributed by atoms with Gasteiger partial charge in [-0.3, -0.25) is 0 Å². The summed E-state index contributed by atoms with van der Waals surface area (Å²) in [5.41, 5.74) is 7.59. The normalized spacial score (nSPS) is 9.88. The van der Waals surface area contributed by atoms with Crippen molar-refractivity contribution in [3.8, 4) is 6.07 Å². The molecule has 0 saturated carbocycles. The first-order chi connectivity index (χ1) is 8.27. The molecular formula is C13H19N3O. The lowest BCUT2D eigenvalue weighted by Gasteiger charge is -2.07. The minimum atomic E-state index is 0.511. The Labute approximate surface area is 102 Å². The van der Waals surface area contributed by atoms with E-state index in [1.54, 1.807) is 12.1 Å². The second kappa shape index (κ2) is 7.53. The Morgan fingerprint density at radius 2 is 2.24 bits per heavy atom. The molecule has 0 bridgehead atoms. The summed E-state index contributed by atoms with van der Waals surface area (Å²) in [5, 5.41) is 12.1. The number of ether oxygens (including phenoxy) is 1. The molecule has 0 spiro atoms. The summed E-state index contributed by atoms with van der Waals surface area (Å²) in [7, 11) is 0. The van der Waals surface area contributed by atoms with Crippen LogP contribution in [0.15, 0.2) is 18.2 Å². The number of benzene rings is 1. The molecule has 0 radical (unpaired) electrons. The molecular weight excluding hydrogens is 214 g/mol. The molecule has 0 atom stereocenters. The highest BCUT2D eigenvalue weighted by Gasteiger charge is 1.99. The smallest absolute Gasteiger partial charge is 0.101 e. The highest BCUT2D eigenvalue weighted by molar-refractivity contribution is 5.61. The van der Waals surface area contributed by atoms with E-state index in [0.717, 1.165) is 38.3 Å². The van der Waals surface area contributed by atoms with Crippen LogP contribution in [-0.4, -0.2) is 19.8 Å². The summed E-state index contributed by atoms with van der Waals surface area (Å²) in [6.07, 6.45) is 2.00. The number of nitriles is 1. The van der Waals surface area contributed by atoms with Gasteiger partial charge in [0.25, 0.3) is 0 Å². The maximum atomic E-state index is 8.83. The first-order valence-corrected chi connectivity index (χ1v) is 5.89. The summed E-state index contributed by atoms with van der Waals surface area (Å²) in [6.45, 7) is 4.51. The van der Waals surface area contributed by atoms with E-state index in [1.165, 1.54) is 0 Å². The van der Waals surface area contributed by atoms with Gasteiger partial charge in [-0.2, -0.15) is 5.26 Å². The average molecular weight is 233 g/mol. The van der Waals surface area contributed by atoms with E-state index in [-0.39, 0.29) is 0 Å². The van der Waals surface area contributed by atoms with Crippen molar-refractivity contribution in [2.75, 3.05) is 30.8 Å². The van der Waals surface area contributed by atoms with Crippen LogP contribution in [0.25, 0.3) is 0 Å². The van der Waals surface area contributed by atoms with Gasteiger partial charge in [0, 0.05) is 31.1 Å². The van der Waals surface area contributed by atoms with Crippen LogP contribution >= 0.6 is 0 Å². The topological polar surface area (TPSA) is 71.1 Å². The van der Waals surface area contributed by atoms with Crippen molar-refractivity contribution in [1.82, 2.24) is 0 Å². The summed E-state index contributed by atoms with van der Waals surface area (Å²) in [6, 6.07) is 7.45. The van der Waals surface area contributed by atoms with Gasteiger partial charge in [-0.1, -0.05) is 6.92 Å². The molecule has 0 aliphatic heterocycles. The Kier molecular flexibility index (Phi) is 5.91. The van der Waals surface area contributed by atoms with Crippen LogP contribution in [0.5, 0.6) is 0 Å². The van der Waals surface area contributed by atoms with Gasteiger partial charge in [-0.05, 0) is 31.0 Å². The lowest BCUT2D eigenvalue weighted by Crippen LogP contribution is -2.06. The zero-order valence-corrected chi connectivity index (χ0v) is 10.2. The van der Waals surface area contributed by atoms with E-state index in [2.05, 4.69) is 18.3 Å². The summed E-state index contributed by atoms with van der Waals surface area (Å²) in [4.78, 5) is 0. The highest BCUT2D eigenvalue weighted by atomic mass is 16.5. The second-order valence-electron chi connectivity index (χ2n) is 3.81. The summed E-state index contributed by atoms with van der Waals surface area (Å²) < 4.78 is 5.37. The van der Waals surface area contributed by atoms with E-state index >= 15 is 0 Å². The van der Waals surface area contributed by atoms with Crippen LogP contribution in [0.2, 0.25) is 0 Å². The van der Waals surface area contributed by atoms with Crippen LogP contribution in [0, 0.1) is 11.3 Å². The number of nitrogen functional groups attached to an aromatic ring is 1. The maximum absolute atomic E-state index is 8.83. The molecule has 3 N–H and O–H groups in total. The Morgan fingerprint density at radius 1 is 1.41 bits per heavy atom. The Bertz CT molecular complexity index is 385. The number of nitrogens with zero attached hydrogens (tertiary/aromatic N) is 1. The number of hydrogen-bond acceptors (Lipinski definition) is 4. The van der Waals surface area contributed by atoms with Crippen molar-refractivity contribution in [1.29, 1.82) is 5.26 Å². The molecule has 4 heteroatoms. The van der Waals surface area contributed by atoms with Crippen molar-refractivity contribution >= 4 is 11.4 Å². The quantitative estimate of drug-likeness (QED) is 0.560. The largest absolute Gasteiger partial charge is 0.398 e. The monoisotopic (exact) mass is 233 g/mol. The van der Waals surface area contributed by atoms with E-state index in [4.69, 9.17) is 15.7 Å². The Hall–Kier alpha value is -1.73. The van der Waals surface area contributed by atoms with Crippen molar-refractivity contribution in [2.24, 2.45) is 0 Å². The molecule has 0 unspecified atom stereocenters. The molecule has 0 amide bonds. The van der Waals surface area contributed by atoms with Gasteiger partial charge in [0.1, 0.15) is 6.07 Å². The third-order valence-corrected chi connectivity index (χ3v) is 2.32. The van der Waals surface area contributed by atoms with E-state index < -0.39 is 0 Å². The van der Waals surface area contributed by atoms with Gasteiger partial charge < -0.3 is 15.8 Å². The standard InChI is InChI=1S/C13H19N3O/c1-2-7-17-8-3-6-16-12-4-5-13(15)11(9-12)10-14/h4-5,9,16H,2-3,6-8,15H2,1H3. The van der Waals surface area contributed by atoms with Gasteiger partial charge >= 0.3 is 0 Å². The van der Waals surface area contributed by atoms with Gasteiger partial charge in [-0.25, -0.2) is 0 Å². The number of hydrogen-bond donors (Lipinski definition) is 2. The molecule has 1 aromatic rings. The molecule has 0 aliphatic carbocycles. The highest BCUT2D eigenvalue weighted by Crippen LogP contribution is 2.16. The summed E-state index contributed by atoms with van der Waals surface area (Å²) >= 11 is 0. The fraction of sp³-hybridized carbons (Fsp3) is 0.462. The first kappa shape index (κ1) is 13.3. The zero-order valence-electron chi connectivity index (χ0n) is 10.2. The average Bonchev–Trinajstić information content (AvgIpc) is 2.35. The number of anilines is 2. The molecule has 17 heavy (non-hydrogen) atoms. The first-order valence-electron chi connectivity index (χ1n) is 5.89. The molecule has 4 nitrogen and oxygen atoms in total. The van der Waals surface area contributed by atoms with Crippen LogP contribution in [0.3, 0.4) is 0 Å². The van der Waals surface area contributed by atoms with Gasteiger partial charge in [0.2, 0.25) is 0 Å². The molecule has 1 aromatic carbocycles. The van der Waals surface area contributed by atoms with E-state index in [0.29, 0.717) is 11.3 Å². The fourth-order valence-electron chi connectivity index (χ4n) is 1.42. The minimum absolute atomic E-state index is 0.511. The zero-order chi connectivity index (χ0) is 12.5. The third-order valence-electron chi connectivity index (χ3n) is 2.32. The molecule has 0 saturated heterocycles. The van der Waals surface area contributed by atoms with Crippen molar-refractivity contribution < 1.29 is 4.74 Å². The molecule has 1 rings (SSSR count). The Balaban J connectivity index is 2.30. The van der Waals surface area contributed by atoms with Gasteiger partial charge in [0.15, 0.2) is 0 Å². The van der Waals surface area contributed by atoms with Crippen LogP contribution in [-0.2, 0) is 4.74 Å². The molecule has 0 heterocycles. The van der Waals surface area contributed by atoms with Crippen molar-refractivity contribution in [3.63, 3.8) is 0 Å². The van der Waals surface area contributed by atoms with Gasteiger partial charge in [0.05, 0.1) is 5.56 Å². The number of rotatable bonds is 7. The van der Waals surface area contributed by atoms with Crippen molar-refractivity contribution in [2.45, 2.75) is 19.8 Å². The van der Waals surface area contributed by atoms with Crippen LogP contribution < -0.4 is 11.1 Å². The molecule has 92 valence electrons. The SMILES string of the molecule is CCCOCCCNc1ccc(N)c(C#N)c1. The second-order valence-corrected chi connectivity index (χ2v) is 3.81. The summed E-state index contributed by atoms with van der Waals surface area (Å²) in [5.74, 6) is 0. The van der Waals surface area contributed by atoms with Crippen LogP contribution in [0.1, 0.15) is 25.3 Å². The van der Waals surface area contributed by atoms with E-state index in [9.17, 15) is 0 Å². The van der Waals surface area contributed by atoms with Crippen molar-refractivity contribution in [3.05, 3.63) is 23.8 Å². The lowest BCUT2D eigenvalue weighted by atomic mass is 10.2. The van der Waals surface area contributed by atoms with Crippen LogP contribution in [0.4, 0.5) is 11.4 Å². The molecule has 0 fully saturated rings. The maximum Gasteiger partial charge on any atom is 0.101 e. The minimum Gasteiger partial charge on any atom is -0.398 e. The predicted octanol–water partition coefficient (Wildman–Crippen LogP) is 2.37. The molecule has 0 aromatic heterocycles. The third kappa shape index (κ3) is 4.75. The Morgan fingerprint density at radius 3 is 2.94 bits per heavy atom. The number of nitrogens with two attached hydrogens (primary N) is 1. The van der Waals surface area contributed by atoms with Gasteiger partial charge in [-0.15, -0.1) is 0 Å². The van der Waals surface area contributed by atoms with E-state index in [1.807, 2.05) is 6.07 Å². The molecule has 0 aliphatic rings. The fourth-order valence-corrected chi connectivity index (χ4v) is 1.42. The number of nitrogens with one attached hydrogen (secondary N) is 1. The lowest BCUT2D eigenvalue weighted by molar-refractivity contribution is 0.134. The predicted molar refractivity (Wildman–Crippen MR) is 69.8 cm³/mol.